The van der Waals surface area contributed by atoms with Gasteiger partial charge in [-0.25, -0.2) is 4.79 Å². The van der Waals surface area contributed by atoms with Crippen LogP contribution in [-0.2, 0) is 9.53 Å². The summed E-state index contributed by atoms with van der Waals surface area (Å²) in [5.74, 6) is -1.30. The standard InChI is InChI=1S/C40H64O11/c1-27(2)40-28(3)18-19-30(41)20-31(42)21-32(43)22-33(44)23-34(45)24-35(46)25-36(47)26-38(49)29(4)37(48)16-14-12-10-8-6-5-7-9-11-13-15-17-39(50)51-40/h5-15,17-19,27-38,40-49H,16,20-26H2,1-4H3/b6-5+,9-7-,10-8+,13-11-,14-12+,17-15+,19-18+/t28-,29-,30+,31+,32+,33+,34-,35+,36-,37-,38+,40+/m0/s1. The van der Waals surface area contributed by atoms with Crippen LogP contribution in [0.2, 0.25) is 0 Å². The minimum absolute atomic E-state index is 0.00960. The maximum Gasteiger partial charge on any atom is 0.331 e. The first-order valence-corrected chi connectivity index (χ1v) is 18.1. The zero-order valence-electron chi connectivity index (χ0n) is 30.6. The largest absolute Gasteiger partial charge is 0.458 e. The van der Waals surface area contributed by atoms with E-state index in [1.165, 1.54) is 12.2 Å². The van der Waals surface area contributed by atoms with Gasteiger partial charge in [0.15, 0.2) is 0 Å². The summed E-state index contributed by atoms with van der Waals surface area (Å²) in [7, 11) is 0. The van der Waals surface area contributed by atoms with Crippen LogP contribution in [0.5, 0.6) is 0 Å². The third-order valence-electron chi connectivity index (χ3n) is 8.77. The van der Waals surface area contributed by atoms with E-state index in [0.717, 1.165) is 0 Å². The molecule has 0 aromatic carbocycles. The van der Waals surface area contributed by atoms with E-state index in [-0.39, 0.29) is 63.2 Å². The van der Waals surface area contributed by atoms with Crippen LogP contribution in [0.1, 0.15) is 79.1 Å². The molecule has 51 heavy (non-hydrogen) atoms. The van der Waals surface area contributed by atoms with Gasteiger partial charge in [-0.05, 0) is 50.9 Å². The predicted octanol–water partition coefficient (Wildman–Crippen LogP) is 3.10. The fourth-order valence-electron chi connectivity index (χ4n) is 5.85. The molecule has 11 heteroatoms. The summed E-state index contributed by atoms with van der Waals surface area (Å²) in [5.41, 5.74) is 0. The van der Waals surface area contributed by atoms with Gasteiger partial charge in [-0.2, -0.15) is 0 Å². The van der Waals surface area contributed by atoms with Crippen molar-refractivity contribution in [2.24, 2.45) is 17.8 Å². The van der Waals surface area contributed by atoms with Crippen molar-refractivity contribution in [2.75, 3.05) is 0 Å². The number of carbonyl (C=O) groups excluding carboxylic acids is 1. The molecular weight excluding hydrogens is 656 g/mol. The first-order valence-electron chi connectivity index (χ1n) is 18.1. The molecular formula is C40H64O11. The molecule has 0 unspecified atom stereocenters. The van der Waals surface area contributed by atoms with E-state index in [0.29, 0.717) is 0 Å². The SMILES string of the molecule is CC(C)[C@H]1OC(=O)/C=C/C=C\C=C/C=C/C=C/C=C/C[C@H](O)[C@H](C)[C@H](O)C[C@@H](O)C[C@H](O)C[C@@H](O)C[C@H](O)C[C@H](O)C[C@H](O)C[C@H](O)/C=C/[C@@H]1C. The van der Waals surface area contributed by atoms with Crippen LogP contribution in [0.3, 0.4) is 0 Å². The molecule has 0 aliphatic carbocycles. The summed E-state index contributed by atoms with van der Waals surface area (Å²) >= 11 is 0. The summed E-state index contributed by atoms with van der Waals surface area (Å²) < 4.78 is 5.67. The van der Waals surface area contributed by atoms with Gasteiger partial charge in [0, 0.05) is 24.3 Å². The smallest absolute Gasteiger partial charge is 0.331 e. The predicted molar refractivity (Wildman–Crippen MR) is 198 cm³/mol. The lowest BCUT2D eigenvalue weighted by molar-refractivity contribution is -0.147. The summed E-state index contributed by atoms with van der Waals surface area (Å²) in [6.45, 7) is 7.38. The summed E-state index contributed by atoms with van der Waals surface area (Å²) in [6.07, 6.45) is 13.4. The molecule has 290 valence electrons. The number of aliphatic hydroxyl groups excluding tert-OH is 9. The average molecular weight is 721 g/mol. The van der Waals surface area contributed by atoms with Crippen LogP contribution in [0, 0.1) is 17.8 Å². The molecule has 1 rings (SSSR count). The van der Waals surface area contributed by atoms with Crippen LogP contribution in [0.4, 0.5) is 0 Å². The van der Waals surface area contributed by atoms with E-state index >= 15 is 0 Å². The molecule has 0 saturated carbocycles. The Morgan fingerprint density at radius 2 is 0.961 bits per heavy atom. The number of allylic oxidation sites excluding steroid dienone is 10. The number of aliphatic hydroxyl groups is 9. The fraction of sp³-hybridized carbons (Fsp3) is 0.625. The first-order chi connectivity index (χ1) is 24.1. The number of hydrogen-bond donors (Lipinski definition) is 9. The Morgan fingerprint density at radius 1 is 0.549 bits per heavy atom. The summed E-state index contributed by atoms with van der Waals surface area (Å²) in [6, 6.07) is 0. The Morgan fingerprint density at radius 3 is 1.43 bits per heavy atom. The van der Waals surface area contributed by atoms with Gasteiger partial charge < -0.3 is 50.7 Å². The van der Waals surface area contributed by atoms with E-state index in [9.17, 15) is 50.8 Å². The molecule has 0 saturated heterocycles. The number of rotatable bonds is 1. The highest BCUT2D eigenvalue weighted by Crippen LogP contribution is 2.22. The molecule has 0 radical (unpaired) electrons. The summed E-state index contributed by atoms with van der Waals surface area (Å²) in [4.78, 5) is 12.4. The molecule has 9 N–H and O–H groups in total. The van der Waals surface area contributed by atoms with Crippen molar-refractivity contribution in [3.63, 3.8) is 0 Å². The zero-order chi connectivity index (χ0) is 38.3. The number of ether oxygens (including phenoxy) is 1. The van der Waals surface area contributed by atoms with Gasteiger partial charge in [0.1, 0.15) is 6.10 Å². The molecule has 0 bridgehead atoms. The van der Waals surface area contributed by atoms with Crippen molar-refractivity contribution < 1.29 is 55.5 Å². The molecule has 0 spiro atoms. The Kier molecular flexibility index (Phi) is 23.7. The van der Waals surface area contributed by atoms with Gasteiger partial charge >= 0.3 is 5.97 Å². The van der Waals surface area contributed by atoms with Crippen LogP contribution in [0.25, 0.3) is 0 Å². The van der Waals surface area contributed by atoms with E-state index in [2.05, 4.69) is 0 Å². The van der Waals surface area contributed by atoms with Crippen molar-refractivity contribution >= 4 is 5.97 Å². The lowest BCUT2D eigenvalue weighted by atomic mass is 9.90. The summed E-state index contributed by atoms with van der Waals surface area (Å²) in [5, 5.41) is 93.9. The first kappa shape index (κ1) is 46.3. The molecule has 1 aliphatic heterocycles. The highest BCUT2D eigenvalue weighted by molar-refractivity contribution is 5.82. The van der Waals surface area contributed by atoms with Crippen molar-refractivity contribution in [2.45, 2.75) is 140 Å². The van der Waals surface area contributed by atoms with Crippen LogP contribution in [-0.4, -0.2) is 113 Å². The molecule has 0 fully saturated rings. The van der Waals surface area contributed by atoms with Gasteiger partial charge in [-0.1, -0.05) is 107 Å². The van der Waals surface area contributed by atoms with Crippen molar-refractivity contribution in [1.82, 2.24) is 0 Å². The van der Waals surface area contributed by atoms with Gasteiger partial charge in [0.2, 0.25) is 0 Å². The number of carbonyl (C=O) groups is 1. The quantitative estimate of drug-likeness (QED) is 0.142. The highest BCUT2D eigenvalue weighted by Gasteiger charge is 2.27. The Hall–Kier alpha value is -2.71. The lowest BCUT2D eigenvalue weighted by Crippen LogP contribution is -2.34. The molecule has 0 amide bonds. The zero-order valence-corrected chi connectivity index (χ0v) is 30.6. The second kappa shape index (κ2) is 26.1. The van der Waals surface area contributed by atoms with Gasteiger partial charge in [-0.15, -0.1) is 0 Å². The highest BCUT2D eigenvalue weighted by atomic mass is 16.5. The maximum absolute atomic E-state index is 12.4. The molecule has 12 atom stereocenters. The van der Waals surface area contributed by atoms with Crippen LogP contribution >= 0.6 is 0 Å². The van der Waals surface area contributed by atoms with E-state index in [4.69, 9.17) is 4.74 Å². The van der Waals surface area contributed by atoms with Gasteiger partial charge in [0.05, 0.1) is 54.9 Å². The Bertz CT molecular complexity index is 1160. The Balaban J connectivity index is 2.97. The lowest BCUT2D eigenvalue weighted by Gasteiger charge is -2.26. The number of cyclic esters (lactones) is 1. The van der Waals surface area contributed by atoms with E-state index in [1.807, 2.05) is 45.1 Å². The van der Waals surface area contributed by atoms with Crippen molar-refractivity contribution in [3.8, 4) is 0 Å². The average Bonchev–Trinajstić information content (AvgIpc) is 3.02. The minimum atomic E-state index is -1.13. The monoisotopic (exact) mass is 720 g/mol. The number of esters is 1. The molecule has 1 heterocycles. The second-order valence-corrected chi connectivity index (χ2v) is 14.1. The van der Waals surface area contributed by atoms with Gasteiger partial charge in [-0.3, -0.25) is 0 Å². The van der Waals surface area contributed by atoms with E-state index in [1.54, 1.807) is 55.5 Å². The van der Waals surface area contributed by atoms with Gasteiger partial charge in [0.25, 0.3) is 0 Å². The Labute approximate surface area is 304 Å². The third kappa shape index (κ3) is 22.1. The van der Waals surface area contributed by atoms with E-state index < -0.39 is 72.9 Å². The fourth-order valence-corrected chi connectivity index (χ4v) is 5.85. The third-order valence-corrected chi connectivity index (χ3v) is 8.77. The van der Waals surface area contributed by atoms with Crippen LogP contribution in [0.15, 0.2) is 85.1 Å². The molecule has 11 nitrogen and oxygen atoms in total. The molecule has 0 aromatic rings. The topological polar surface area (TPSA) is 208 Å². The molecule has 1 aliphatic rings. The number of hydrogen-bond acceptors (Lipinski definition) is 11. The molecule has 0 aromatic heterocycles. The maximum atomic E-state index is 12.4. The van der Waals surface area contributed by atoms with Crippen LogP contribution < -0.4 is 0 Å². The van der Waals surface area contributed by atoms with Crippen molar-refractivity contribution in [3.05, 3.63) is 85.1 Å². The second-order valence-electron chi connectivity index (χ2n) is 14.1. The normalized spacial score (nSPS) is 40.3. The minimum Gasteiger partial charge on any atom is -0.458 e. The van der Waals surface area contributed by atoms with Crippen molar-refractivity contribution in [1.29, 1.82) is 0 Å².